The minimum Gasteiger partial charge on any atom is -0.502 e. The molecule has 5 heteroatoms. The summed E-state index contributed by atoms with van der Waals surface area (Å²) in [7, 11) is 0. The van der Waals surface area contributed by atoms with Crippen molar-refractivity contribution in [1.29, 1.82) is 0 Å². The zero-order valence-electron chi connectivity index (χ0n) is 9.66. The minimum absolute atomic E-state index is 0.276. The Balaban J connectivity index is 2.50. The third-order valence-corrected chi connectivity index (χ3v) is 3.30. The molecule has 0 atom stereocenters. The molecule has 0 radical (unpaired) electrons. The third kappa shape index (κ3) is 2.46. The van der Waals surface area contributed by atoms with Crippen LogP contribution in [0.3, 0.4) is 0 Å². The molecule has 0 saturated carbocycles. The first-order chi connectivity index (χ1) is 8.61. The molecule has 92 valence electrons. The molecule has 2 aromatic carbocycles. The van der Waals surface area contributed by atoms with Gasteiger partial charge in [-0.15, -0.1) is 11.8 Å². The molecule has 0 aliphatic rings. The molecule has 18 heavy (non-hydrogen) atoms. The Hall–Kier alpha value is -2.01. The highest BCUT2D eigenvalue weighted by Gasteiger charge is 2.14. The van der Waals surface area contributed by atoms with Crippen LogP contribution < -0.4 is 0 Å². The number of nitrogens with zero attached hydrogens (tertiary/aromatic N) is 1. The van der Waals surface area contributed by atoms with Gasteiger partial charge >= 0.3 is 5.69 Å². The van der Waals surface area contributed by atoms with Gasteiger partial charge in [-0.25, -0.2) is 0 Å². The SMILES string of the molecule is CSc1cccc(-c2ccc(O)c([N+](=O)[O-])c2)c1. The van der Waals surface area contributed by atoms with Crippen LogP contribution in [-0.4, -0.2) is 16.3 Å². The molecule has 0 heterocycles. The van der Waals surface area contributed by atoms with Crippen LogP contribution in [0.2, 0.25) is 0 Å². The first kappa shape index (κ1) is 12.4. The predicted molar refractivity (Wildman–Crippen MR) is 72.0 cm³/mol. The van der Waals surface area contributed by atoms with Crippen LogP contribution in [-0.2, 0) is 0 Å². The smallest absolute Gasteiger partial charge is 0.311 e. The summed E-state index contributed by atoms with van der Waals surface area (Å²) in [4.78, 5) is 11.3. The van der Waals surface area contributed by atoms with E-state index in [1.807, 2.05) is 30.5 Å². The van der Waals surface area contributed by atoms with Crippen molar-refractivity contribution in [2.24, 2.45) is 0 Å². The summed E-state index contributed by atoms with van der Waals surface area (Å²) in [6, 6.07) is 12.1. The Morgan fingerprint density at radius 3 is 2.56 bits per heavy atom. The van der Waals surface area contributed by atoms with Gasteiger partial charge in [-0.1, -0.05) is 18.2 Å². The van der Waals surface area contributed by atoms with Crippen LogP contribution in [0.15, 0.2) is 47.4 Å². The van der Waals surface area contributed by atoms with Gasteiger partial charge in [0.1, 0.15) is 0 Å². The Bertz CT molecular complexity index is 599. The second-order valence-electron chi connectivity index (χ2n) is 3.69. The van der Waals surface area contributed by atoms with Crippen molar-refractivity contribution < 1.29 is 10.0 Å². The molecule has 0 unspecified atom stereocenters. The van der Waals surface area contributed by atoms with E-state index in [0.717, 1.165) is 16.0 Å². The number of thioether (sulfide) groups is 1. The molecule has 0 spiro atoms. The second kappa shape index (κ2) is 5.10. The fourth-order valence-corrected chi connectivity index (χ4v) is 2.11. The highest BCUT2D eigenvalue weighted by molar-refractivity contribution is 7.98. The molecule has 2 rings (SSSR count). The molecule has 0 aliphatic carbocycles. The Morgan fingerprint density at radius 1 is 1.17 bits per heavy atom. The van der Waals surface area contributed by atoms with E-state index in [0.29, 0.717) is 0 Å². The van der Waals surface area contributed by atoms with Gasteiger partial charge in [0.2, 0.25) is 0 Å². The maximum Gasteiger partial charge on any atom is 0.311 e. The number of hydrogen-bond donors (Lipinski definition) is 1. The van der Waals surface area contributed by atoms with Gasteiger partial charge in [-0.05, 0) is 35.6 Å². The number of hydrogen-bond acceptors (Lipinski definition) is 4. The molecular weight excluding hydrogens is 250 g/mol. The molecule has 1 N–H and O–H groups in total. The van der Waals surface area contributed by atoms with E-state index in [-0.39, 0.29) is 11.4 Å². The minimum atomic E-state index is -0.586. The third-order valence-electron chi connectivity index (χ3n) is 2.58. The summed E-state index contributed by atoms with van der Waals surface area (Å²) in [6.45, 7) is 0. The van der Waals surface area contributed by atoms with Crippen LogP contribution in [0.25, 0.3) is 11.1 Å². The fraction of sp³-hybridized carbons (Fsp3) is 0.0769. The highest BCUT2D eigenvalue weighted by atomic mass is 32.2. The molecule has 4 nitrogen and oxygen atoms in total. The number of benzene rings is 2. The Kier molecular flexibility index (Phi) is 3.53. The summed E-state index contributed by atoms with van der Waals surface area (Å²) in [5, 5.41) is 20.2. The van der Waals surface area contributed by atoms with E-state index >= 15 is 0 Å². The van der Waals surface area contributed by atoms with Crippen LogP contribution in [0, 0.1) is 10.1 Å². The average molecular weight is 261 g/mol. The Morgan fingerprint density at radius 2 is 1.89 bits per heavy atom. The summed E-state index contributed by atoms with van der Waals surface area (Å²) >= 11 is 1.61. The van der Waals surface area contributed by atoms with E-state index in [2.05, 4.69) is 0 Å². The second-order valence-corrected chi connectivity index (χ2v) is 4.57. The van der Waals surface area contributed by atoms with Crippen molar-refractivity contribution in [2.75, 3.05) is 6.26 Å². The number of aromatic hydroxyl groups is 1. The van der Waals surface area contributed by atoms with Crippen LogP contribution in [0.4, 0.5) is 5.69 Å². The number of nitro benzene ring substituents is 1. The quantitative estimate of drug-likeness (QED) is 0.520. The molecule has 0 saturated heterocycles. The standard InChI is InChI=1S/C13H11NO3S/c1-18-11-4-2-3-9(7-11)10-5-6-13(15)12(8-10)14(16)17/h2-8,15H,1H3. The van der Waals surface area contributed by atoms with Crippen LogP contribution >= 0.6 is 11.8 Å². The summed E-state index contributed by atoms with van der Waals surface area (Å²) < 4.78 is 0. The lowest BCUT2D eigenvalue weighted by atomic mass is 10.0. The molecular formula is C13H11NO3S. The number of phenols is 1. The van der Waals surface area contributed by atoms with Crippen LogP contribution in [0.1, 0.15) is 0 Å². The van der Waals surface area contributed by atoms with E-state index in [4.69, 9.17) is 0 Å². The van der Waals surface area contributed by atoms with Gasteiger partial charge < -0.3 is 5.11 Å². The molecule has 0 aliphatic heterocycles. The first-order valence-corrected chi connectivity index (χ1v) is 6.46. The summed E-state index contributed by atoms with van der Waals surface area (Å²) in [5.41, 5.74) is 1.34. The zero-order valence-corrected chi connectivity index (χ0v) is 10.5. The number of rotatable bonds is 3. The van der Waals surface area contributed by atoms with Crippen molar-refractivity contribution in [2.45, 2.75) is 4.90 Å². The van der Waals surface area contributed by atoms with Crippen molar-refractivity contribution in [1.82, 2.24) is 0 Å². The lowest BCUT2D eigenvalue weighted by Crippen LogP contribution is -1.89. The predicted octanol–water partition coefficient (Wildman–Crippen LogP) is 3.69. The molecule has 0 aromatic heterocycles. The maximum absolute atomic E-state index is 10.8. The highest BCUT2D eigenvalue weighted by Crippen LogP contribution is 2.32. The molecule has 0 bridgehead atoms. The maximum atomic E-state index is 10.8. The number of nitro groups is 1. The van der Waals surface area contributed by atoms with E-state index in [9.17, 15) is 15.2 Å². The summed E-state index contributed by atoms with van der Waals surface area (Å²) in [5.74, 6) is -0.315. The molecule has 0 fully saturated rings. The first-order valence-electron chi connectivity index (χ1n) is 5.23. The Labute approximate surface area is 108 Å². The van der Waals surface area contributed by atoms with Gasteiger partial charge in [-0.3, -0.25) is 10.1 Å². The van der Waals surface area contributed by atoms with Gasteiger partial charge in [0.15, 0.2) is 5.75 Å². The van der Waals surface area contributed by atoms with Crippen molar-refractivity contribution >= 4 is 17.4 Å². The van der Waals surface area contributed by atoms with Gasteiger partial charge in [0.25, 0.3) is 0 Å². The van der Waals surface area contributed by atoms with E-state index in [1.165, 1.54) is 12.1 Å². The van der Waals surface area contributed by atoms with Gasteiger partial charge in [0.05, 0.1) is 4.92 Å². The van der Waals surface area contributed by atoms with Gasteiger partial charge in [0, 0.05) is 11.0 Å². The van der Waals surface area contributed by atoms with Crippen LogP contribution in [0.5, 0.6) is 5.75 Å². The van der Waals surface area contributed by atoms with Crippen molar-refractivity contribution in [3.63, 3.8) is 0 Å². The lowest BCUT2D eigenvalue weighted by molar-refractivity contribution is -0.385. The van der Waals surface area contributed by atoms with Crippen molar-refractivity contribution in [3.05, 3.63) is 52.6 Å². The van der Waals surface area contributed by atoms with E-state index < -0.39 is 4.92 Å². The normalized spacial score (nSPS) is 10.3. The molecule has 2 aromatic rings. The number of phenolic OH excluding ortho intramolecular Hbond substituents is 1. The topological polar surface area (TPSA) is 63.4 Å². The largest absolute Gasteiger partial charge is 0.502 e. The van der Waals surface area contributed by atoms with E-state index in [1.54, 1.807) is 17.8 Å². The zero-order chi connectivity index (χ0) is 13.1. The average Bonchev–Trinajstić information content (AvgIpc) is 2.39. The lowest BCUT2D eigenvalue weighted by Gasteiger charge is -2.04. The fourth-order valence-electron chi connectivity index (χ4n) is 1.65. The molecule has 0 amide bonds. The van der Waals surface area contributed by atoms with Crippen molar-refractivity contribution in [3.8, 4) is 16.9 Å². The monoisotopic (exact) mass is 261 g/mol. The van der Waals surface area contributed by atoms with Gasteiger partial charge in [-0.2, -0.15) is 0 Å². The summed E-state index contributed by atoms with van der Waals surface area (Å²) in [6.07, 6.45) is 1.97.